The van der Waals surface area contributed by atoms with Gasteiger partial charge in [-0.1, -0.05) is 37.7 Å². The van der Waals surface area contributed by atoms with Crippen LogP contribution in [0.3, 0.4) is 0 Å². The Kier molecular flexibility index (Phi) is 4.80. The van der Waals surface area contributed by atoms with E-state index in [1.165, 1.54) is 18.2 Å². The van der Waals surface area contributed by atoms with Crippen LogP contribution in [-0.4, -0.2) is 57.5 Å². The summed E-state index contributed by atoms with van der Waals surface area (Å²) in [4.78, 5) is 38.0. The highest BCUT2D eigenvalue weighted by atomic mass is 32.2. The number of amides is 2. The molecule has 27 heavy (non-hydrogen) atoms. The molecule has 0 spiro atoms. The van der Waals surface area contributed by atoms with Gasteiger partial charge in [0.1, 0.15) is 11.9 Å². The van der Waals surface area contributed by atoms with Crippen LogP contribution in [0.2, 0.25) is 0 Å². The Morgan fingerprint density at radius 2 is 1.89 bits per heavy atom. The van der Waals surface area contributed by atoms with Crippen LogP contribution in [0.1, 0.15) is 32.8 Å². The number of fused-ring (bicyclic) bond motifs is 3. The third-order valence-corrected chi connectivity index (χ3v) is 6.13. The van der Waals surface area contributed by atoms with Crippen LogP contribution in [0.5, 0.6) is 0 Å². The maximum absolute atomic E-state index is 12.7. The maximum atomic E-state index is 12.7. The Hall–Kier alpha value is -2.15. The van der Waals surface area contributed by atoms with Gasteiger partial charge >= 0.3 is 0 Å². The average Bonchev–Trinajstić information content (AvgIpc) is 2.94. The van der Waals surface area contributed by atoms with E-state index < -0.39 is 6.04 Å². The smallest absolute Gasteiger partial charge is 0.258 e. The molecule has 0 saturated carbocycles. The van der Waals surface area contributed by atoms with Crippen molar-refractivity contribution in [3.05, 3.63) is 29.8 Å². The molecule has 142 valence electrons. The van der Waals surface area contributed by atoms with Crippen molar-refractivity contribution >= 4 is 40.3 Å². The van der Waals surface area contributed by atoms with Crippen molar-refractivity contribution in [1.82, 2.24) is 9.80 Å². The molecule has 0 bridgehead atoms. The Morgan fingerprint density at radius 1 is 1.19 bits per heavy atom. The predicted octanol–water partition coefficient (Wildman–Crippen LogP) is 2.90. The molecule has 0 N–H and O–H groups in total. The number of hydrogen-bond acceptors (Lipinski definition) is 5. The Balaban J connectivity index is 1.53. The highest BCUT2D eigenvalue weighted by Crippen LogP contribution is 2.33. The maximum Gasteiger partial charge on any atom is 0.258 e. The third-order valence-electron chi connectivity index (χ3n) is 5.20. The standard InChI is InChI=1S/C20H24N4O2S/c1-12-8-13(2)10-23(9-12)17(25)11-27-20-22-16-7-5-4-6-15(16)18-21-14(3)19(26)24(18)20/h4-7,12-14H,8-11H2,1-3H3. The van der Waals surface area contributed by atoms with Crippen molar-refractivity contribution in [1.29, 1.82) is 0 Å². The second kappa shape index (κ2) is 7.11. The number of thioether (sulfide) groups is 1. The van der Waals surface area contributed by atoms with E-state index >= 15 is 0 Å². The largest absolute Gasteiger partial charge is 0.341 e. The highest BCUT2D eigenvalue weighted by Gasteiger charge is 2.39. The number of benzene rings is 1. The monoisotopic (exact) mass is 384 g/mol. The van der Waals surface area contributed by atoms with Gasteiger partial charge in [0.15, 0.2) is 5.17 Å². The molecule has 0 aliphatic carbocycles. The predicted molar refractivity (Wildman–Crippen MR) is 108 cm³/mol. The lowest BCUT2D eigenvalue weighted by Crippen LogP contribution is -2.44. The fourth-order valence-electron chi connectivity index (χ4n) is 4.06. The number of aliphatic imine (C=N–C) groups is 2. The fraction of sp³-hybridized carbons (Fsp3) is 0.500. The zero-order valence-corrected chi connectivity index (χ0v) is 16.7. The first-order valence-corrected chi connectivity index (χ1v) is 10.4. The number of carbonyl (C=O) groups excluding carboxylic acids is 2. The molecule has 3 aliphatic heterocycles. The minimum Gasteiger partial charge on any atom is -0.341 e. The summed E-state index contributed by atoms with van der Waals surface area (Å²) in [6, 6.07) is 7.26. The average molecular weight is 385 g/mol. The molecule has 4 rings (SSSR count). The number of likely N-dealkylation sites (tertiary alicyclic amines) is 1. The Bertz CT molecular complexity index is 840. The summed E-state index contributed by atoms with van der Waals surface area (Å²) in [6.45, 7) is 7.80. The number of hydrogen-bond donors (Lipinski definition) is 0. The van der Waals surface area contributed by atoms with Crippen LogP contribution < -0.4 is 0 Å². The van der Waals surface area contributed by atoms with Gasteiger partial charge in [-0.2, -0.15) is 0 Å². The normalized spacial score (nSPS) is 27.1. The zero-order chi connectivity index (χ0) is 19.1. The lowest BCUT2D eigenvalue weighted by Gasteiger charge is -2.35. The first-order valence-electron chi connectivity index (χ1n) is 9.44. The van der Waals surface area contributed by atoms with Gasteiger partial charge in [0, 0.05) is 18.7 Å². The van der Waals surface area contributed by atoms with Crippen molar-refractivity contribution in [3.8, 4) is 0 Å². The lowest BCUT2D eigenvalue weighted by atomic mass is 9.92. The number of rotatable bonds is 2. The Morgan fingerprint density at radius 3 is 2.63 bits per heavy atom. The molecule has 7 heteroatoms. The summed E-state index contributed by atoms with van der Waals surface area (Å²) in [5.41, 5.74) is 1.66. The summed E-state index contributed by atoms with van der Waals surface area (Å²) >= 11 is 1.33. The molecule has 0 radical (unpaired) electrons. The molecule has 1 saturated heterocycles. The van der Waals surface area contributed by atoms with E-state index in [9.17, 15) is 9.59 Å². The summed E-state index contributed by atoms with van der Waals surface area (Å²) in [7, 11) is 0. The lowest BCUT2D eigenvalue weighted by molar-refractivity contribution is -0.131. The van der Waals surface area contributed by atoms with Gasteiger partial charge in [-0.15, -0.1) is 0 Å². The molecule has 1 aromatic rings. The van der Waals surface area contributed by atoms with E-state index in [0.717, 1.165) is 24.3 Å². The number of para-hydroxylation sites is 1. The minimum atomic E-state index is -0.420. The first-order chi connectivity index (χ1) is 12.9. The van der Waals surface area contributed by atoms with Crippen molar-refractivity contribution in [2.75, 3.05) is 18.8 Å². The molecule has 0 aromatic heterocycles. The second-order valence-corrected chi connectivity index (χ2v) is 8.69. The molecule has 3 aliphatic rings. The molecule has 6 nitrogen and oxygen atoms in total. The quantitative estimate of drug-likeness (QED) is 0.787. The number of piperidine rings is 1. The van der Waals surface area contributed by atoms with Crippen LogP contribution in [0.4, 0.5) is 5.69 Å². The Labute approximate surface area is 163 Å². The van der Waals surface area contributed by atoms with E-state index in [1.54, 1.807) is 11.8 Å². The fourth-order valence-corrected chi connectivity index (χ4v) is 4.96. The number of nitrogens with zero attached hydrogens (tertiary/aromatic N) is 4. The van der Waals surface area contributed by atoms with Gasteiger partial charge in [-0.3, -0.25) is 14.6 Å². The highest BCUT2D eigenvalue weighted by molar-refractivity contribution is 8.14. The molecule has 2 amide bonds. The van der Waals surface area contributed by atoms with Gasteiger partial charge in [0.05, 0.1) is 11.4 Å². The van der Waals surface area contributed by atoms with E-state index in [0.29, 0.717) is 22.8 Å². The van der Waals surface area contributed by atoms with Crippen molar-refractivity contribution in [2.45, 2.75) is 33.2 Å². The molecule has 3 unspecified atom stereocenters. The minimum absolute atomic E-state index is 0.0848. The summed E-state index contributed by atoms with van der Waals surface area (Å²) in [6.07, 6.45) is 1.17. The first kappa shape index (κ1) is 18.2. The van der Waals surface area contributed by atoms with Crippen LogP contribution in [0.25, 0.3) is 0 Å². The SMILES string of the molecule is CC1CC(C)CN(C(=O)CSC2=Nc3ccccc3C3=NC(C)C(=O)N23)C1. The van der Waals surface area contributed by atoms with Gasteiger partial charge in [-0.05, 0) is 37.3 Å². The summed E-state index contributed by atoms with van der Waals surface area (Å²) in [5.74, 6) is 2.01. The van der Waals surface area contributed by atoms with Gasteiger partial charge in [-0.25, -0.2) is 9.89 Å². The summed E-state index contributed by atoms with van der Waals surface area (Å²) in [5, 5.41) is 0.549. The molecule has 3 heterocycles. The van der Waals surface area contributed by atoms with E-state index in [2.05, 4.69) is 23.8 Å². The van der Waals surface area contributed by atoms with Crippen molar-refractivity contribution in [2.24, 2.45) is 21.8 Å². The second-order valence-electron chi connectivity index (χ2n) is 7.75. The van der Waals surface area contributed by atoms with Crippen LogP contribution in [0, 0.1) is 11.8 Å². The zero-order valence-electron chi connectivity index (χ0n) is 15.9. The van der Waals surface area contributed by atoms with Gasteiger partial charge in [0.2, 0.25) is 5.91 Å². The topological polar surface area (TPSA) is 65.3 Å². The van der Waals surface area contributed by atoms with Gasteiger partial charge < -0.3 is 4.90 Å². The molecular formula is C20H24N4O2S. The van der Waals surface area contributed by atoms with Crippen molar-refractivity contribution < 1.29 is 9.59 Å². The van der Waals surface area contributed by atoms with Crippen LogP contribution >= 0.6 is 11.8 Å². The van der Waals surface area contributed by atoms with E-state index in [-0.39, 0.29) is 17.6 Å². The summed E-state index contributed by atoms with van der Waals surface area (Å²) < 4.78 is 0. The molecule has 3 atom stereocenters. The molecule has 1 fully saturated rings. The van der Waals surface area contributed by atoms with E-state index in [1.807, 2.05) is 29.2 Å². The molecular weight excluding hydrogens is 360 g/mol. The van der Waals surface area contributed by atoms with Gasteiger partial charge in [0.25, 0.3) is 5.91 Å². The van der Waals surface area contributed by atoms with Crippen LogP contribution in [0.15, 0.2) is 34.3 Å². The number of amidine groups is 2. The molecule has 1 aromatic carbocycles. The third kappa shape index (κ3) is 3.40. The number of carbonyl (C=O) groups is 2. The van der Waals surface area contributed by atoms with Crippen molar-refractivity contribution in [3.63, 3.8) is 0 Å². The van der Waals surface area contributed by atoms with E-state index in [4.69, 9.17) is 0 Å². The van der Waals surface area contributed by atoms with Crippen LogP contribution in [-0.2, 0) is 9.59 Å².